The van der Waals surface area contributed by atoms with Crippen molar-refractivity contribution in [2.45, 2.75) is 123 Å². The van der Waals surface area contributed by atoms with Crippen LogP contribution in [0.25, 0.3) is 0 Å². The van der Waals surface area contributed by atoms with Crippen LogP contribution in [0.5, 0.6) is 0 Å². The molecule has 1 atom stereocenters. The Kier molecular flexibility index (Phi) is 18.5. The molecule has 0 fully saturated rings. The van der Waals surface area contributed by atoms with E-state index in [0.717, 1.165) is 19.3 Å². The first kappa shape index (κ1) is 21.7. The van der Waals surface area contributed by atoms with Crippen molar-refractivity contribution in [2.75, 3.05) is 0 Å². The summed E-state index contributed by atoms with van der Waals surface area (Å²) in [5.41, 5.74) is 0. The van der Waals surface area contributed by atoms with E-state index >= 15 is 0 Å². The minimum atomic E-state index is -0.101. The maximum Gasteiger partial charge on any atom is 0.0540 e. The number of rotatable bonds is 17. The Morgan fingerprint density at radius 2 is 1.09 bits per heavy atom. The highest BCUT2D eigenvalue weighted by Gasteiger charge is 1.96. The molecule has 0 spiro atoms. The number of hydrogen-bond acceptors (Lipinski definition) is 1. The van der Waals surface area contributed by atoms with Gasteiger partial charge in [-0.2, -0.15) is 0 Å². The molecule has 0 heterocycles. The van der Waals surface area contributed by atoms with Crippen LogP contribution in [0, 0.1) is 0 Å². The van der Waals surface area contributed by atoms with Gasteiger partial charge < -0.3 is 5.11 Å². The number of aliphatic hydroxyl groups excluding tert-OH is 1. The fourth-order valence-corrected chi connectivity index (χ4v) is 2.83. The van der Waals surface area contributed by atoms with Crippen molar-refractivity contribution in [1.29, 1.82) is 0 Å². The van der Waals surface area contributed by atoms with Crippen LogP contribution < -0.4 is 0 Å². The normalized spacial score (nSPS) is 13.0. The molecular formula is C21H42O. The van der Waals surface area contributed by atoms with Gasteiger partial charge in [-0.3, -0.25) is 0 Å². The molecule has 0 aromatic carbocycles. The second kappa shape index (κ2) is 18.7. The molecule has 0 saturated heterocycles. The Balaban J connectivity index is 3.06. The van der Waals surface area contributed by atoms with Crippen molar-refractivity contribution >= 4 is 0 Å². The molecule has 0 radical (unpaired) electrons. The number of unbranched alkanes of at least 4 members (excludes halogenated alkanes) is 12. The van der Waals surface area contributed by atoms with Gasteiger partial charge in [-0.25, -0.2) is 0 Å². The van der Waals surface area contributed by atoms with E-state index in [1.165, 1.54) is 83.5 Å². The van der Waals surface area contributed by atoms with E-state index in [1.54, 1.807) is 0 Å². The van der Waals surface area contributed by atoms with Gasteiger partial charge in [0.1, 0.15) is 0 Å². The van der Waals surface area contributed by atoms with Crippen LogP contribution in [0.3, 0.4) is 0 Å². The number of allylic oxidation sites excluding steroid dienone is 2. The summed E-state index contributed by atoms with van der Waals surface area (Å²) in [6, 6.07) is 0. The Labute approximate surface area is 140 Å². The second-order valence-electron chi connectivity index (χ2n) is 6.79. The van der Waals surface area contributed by atoms with Crippen LogP contribution in [-0.4, -0.2) is 11.2 Å². The molecule has 0 aliphatic carbocycles. The quantitative estimate of drug-likeness (QED) is 0.223. The molecule has 0 aliphatic heterocycles. The van der Waals surface area contributed by atoms with E-state index in [-0.39, 0.29) is 6.10 Å². The van der Waals surface area contributed by atoms with E-state index in [4.69, 9.17) is 0 Å². The van der Waals surface area contributed by atoms with Gasteiger partial charge in [0.15, 0.2) is 0 Å². The molecule has 1 heteroatoms. The molecule has 22 heavy (non-hydrogen) atoms. The lowest BCUT2D eigenvalue weighted by Gasteiger charge is -2.03. The monoisotopic (exact) mass is 310 g/mol. The average molecular weight is 311 g/mol. The first-order chi connectivity index (χ1) is 10.8. The summed E-state index contributed by atoms with van der Waals surface area (Å²) >= 11 is 0. The van der Waals surface area contributed by atoms with Crippen molar-refractivity contribution in [1.82, 2.24) is 0 Å². The zero-order valence-electron chi connectivity index (χ0n) is 15.5. The topological polar surface area (TPSA) is 20.2 Å². The van der Waals surface area contributed by atoms with Gasteiger partial charge in [-0.1, -0.05) is 96.6 Å². The minimum absolute atomic E-state index is 0.101. The van der Waals surface area contributed by atoms with E-state index < -0.39 is 0 Å². The zero-order valence-corrected chi connectivity index (χ0v) is 15.5. The average Bonchev–Trinajstić information content (AvgIpc) is 2.54. The van der Waals surface area contributed by atoms with Crippen molar-refractivity contribution in [3.63, 3.8) is 0 Å². The summed E-state index contributed by atoms with van der Waals surface area (Å²) in [6.45, 7) is 4.33. The molecule has 0 aliphatic rings. The first-order valence-electron chi connectivity index (χ1n) is 10.1. The number of aliphatic hydroxyl groups is 1. The van der Waals surface area contributed by atoms with Gasteiger partial charge >= 0.3 is 0 Å². The standard InChI is InChI=1S/C21H42O/c1-3-5-6-7-8-9-10-11-12-13-14-15-16-17-18-19-20-21(22)4-2/h17-18,21-22H,3-16,19-20H2,1-2H3/b18-17-. The van der Waals surface area contributed by atoms with Crippen LogP contribution in [0.2, 0.25) is 0 Å². The molecule has 1 N–H and O–H groups in total. The molecule has 0 bridgehead atoms. The first-order valence-corrected chi connectivity index (χ1v) is 10.1. The summed E-state index contributed by atoms with van der Waals surface area (Å²) in [5, 5.41) is 9.44. The molecule has 0 amide bonds. The molecular weight excluding hydrogens is 268 g/mol. The highest BCUT2D eigenvalue weighted by Crippen LogP contribution is 2.12. The van der Waals surface area contributed by atoms with E-state index in [9.17, 15) is 5.11 Å². The van der Waals surface area contributed by atoms with E-state index in [2.05, 4.69) is 19.1 Å². The Morgan fingerprint density at radius 1 is 0.636 bits per heavy atom. The minimum Gasteiger partial charge on any atom is -0.393 e. The maximum atomic E-state index is 9.44. The van der Waals surface area contributed by atoms with Crippen LogP contribution in [0.4, 0.5) is 0 Å². The lowest BCUT2D eigenvalue weighted by atomic mass is 10.0. The smallest absolute Gasteiger partial charge is 0.0540 e. The molecule has 0 rings (SSSR count). The van der Waals surface area contributed by atoms with Crippen molar-refractivity contribution in [3.8, 4) is 0 Å². The van der Waals surface area contributed by atoms with E-state index in [0.29, 0.717) is 0 Å². The predicted molar refractivity (Wildman–Crippen MR) is 100 cm³/mol. The fourth-order valence-electron chi connectivity index (χ4n) is 2.83. The third-order valence-electron chi connectivity index (χ3n) is 4.53. The SMILES string of the molecule is CCCCCCCCCCCCCC/C=C\CCC(O)CC. The summed E-state index contributed by atoms with van der Waals surface area (Å²) in [5.74, 6) is 0. The summed E-state index contributed by atoms with van der Waals surface area (Å²) < 4.78 is 0. The highest BCUT2D eigenvalue weighted by atomic mass is 16.3. The van der Waals surface area contributed by atoms with E-state index in [1.807, 2.05) is 6.92 Å². The maximum absolute atomic E-state index is 9.44. The Bertz CT molecular complexity index is 222. The Hall–Kier alpha value is -0.300. The third kappa shape index (κ3) is 17.8. The molecule has 0 saturated carbocycles. The molecule has 1 nitrogen and oxygen atoms in total. The highest BCUT2D eigenvalue weighted by molar-refractivity contribution is 4.82. The third-order valence-corrected chi connectivity index (χ3v) is 4.53. The molecule has 0 aromatic heterocycles. The molecule has 1 unspecified atom stereocenters. The van der Waals surface area contributed by atoms with Gasteiger partial charge in [0, 0.05) is 0 Å². The molecule has 0 aromatic rings. The predicted octanol–water partition coefficient (Wildman–Crippen LogP) is 7.18. The number of hydrogen-bond donors (Lipinski definition) is 1. The second-order valence-corrected chi connectivity index (χ2v) is 6.79. The van der Waals surface area contributed by atoms with Crippen LogP contribution >= 0.6 is 0 Å². The van der Waals surface area contributed by atoms with Gasteiger partial charge in [-0.05, 0) is 32.1 Å². The van der Waals surface area contributed by atoms with Crippen LogP contribution in [-0.2, 0) is 0 Å². The lowest BCUT2D eigenvalue weighted by Crippen LogP contribution is -2.02. The lowest BCUT2D eigenvalue weighted by molar-refractivity contribution is 0.161. The van der Waals surface area contributed by atoms with Gasteiger partial charge in [0.2, 0.25) is 0 Å². The Morgan fingerprint density at radius 3 is 1.59 bits per heavy atom. The van der Waals surface area contributed by atoms with Gasteiger partial charge in [0.25, 0.3) is 0 Å². The van der Waals surface area contributed by atoms with Crippen LogP contribution in [0.15, 0.2) is 12.2 Å². The van der Waals surface area contributed by atoms with Crippen molar-refractivity contribution in [3.05, 3.63) is 12.2 Å². The largest absolute Gasteiger partial charge is 0.393 e. The fraction of sp³-hybridized carbons (Fsp3) is 0.905. The summed E-state index contributed by atoms with van der Waals surface area (Å²) in [7, 11) is 0. The molecule has 132 valence electrons. The van der Waals surface area contributed by atoms with Crippen LogP contribution in [0.1, 0.15) is 117 Å². The summed E-state index contributed by atoms with van der Waals surface area (Å²) in [4.78, 5) is 0. The zero-order chi connectivity index (χ0) is 16.3. The van der Waals surface area contributed by atoms with Crippen molar-refractivity contribution < 1.29 is 5.11 Å². The van der Waals surface area contributed by atoms with Gasteiger partial charge in [0.05, 0.1) is 6.10 Å². The van der Waals surface area contributed by atoms with Crippen molar-refractivity contribution in [2.24, 2.45) is 0 Å². The van der Waals surface area contributed by atoms with Gasteiger partial charge in [-0.15, -0.1) is 0 Å². The summed E-state index contributed by atoms with van der Waals surface area (Å²) in [6.07, 6.45) is 25.6.